The second-order valence-corrected chi connectivity index (χ2v) is 6.00. The van der Waals surface area contributed by atoms with Crippen LogP contribution in [-0.2, 0) is 6.54 Å². The van der Waals surface area contributed by atoms with Crippen LogP contribution in [0.5, 0.6) is 0 Å². The largest absolute Gasteiger partial charge is 0.337 e. The van der Waals surface area contributed by atoms with E-state index in [9.17, 15) is 0 Å². The number of rotatable bonds is 6. The second-order valence-electron chi connectivity index (χ2n) is 4.89. The van der Waals surface area contributed by atoms with Gasteiger partial charge in [0.1, 0.15) is 10.7 Å². The van der Waals surface area contributed by atoms with Gasteiger partial charge in [0.2, 0.25) is 0 Å². The lowest BCUT2D eigenvalue weighted by atomic mass is 10.3. The molecule has 0 fully saturated rings. The van der Waals surface area contributed by atoms with Gasteiger partial charge in [0, 0.05) is 36.6 Å². The Bertz CT molecular complexity index is 713. The number of hydrogen-bond acceptors (Lipinski definition) is 5. The van der Waals surface area contributed by atoms with Gasteiger partial charge in [0.05, 0.1) is 6.33 Å². The maximum atomic E-state index is 4.61. The van der Waals surface area contributed by atoms with Gasteiger partial charge in [-0.25, -0.2) is 15.0 Å². The van der Waals surface area contributed by atoms with Crippen LogP contribution < -0.4 is 0 Å². The van der Waals surface area contributed by atoms with Crippen molar-refractivity contribution in [1.29, 1.82) is 0 Å². The highest BCUT2D eigenvalue weighted by atomic mass is 32.2. The lowest BCUT2D eigenvalue weighted by Gasteiger charge is -2.06. The zero-order valence-electron chi connectivity index (χ0n) is 12.4. The van der Waals surface area contributed by atoms with Crippen LogP contribution in [0.4, 0.5) is 0 Å². The molecule has 0 amide bonds. The molecule has 0 aromatic carbocycles. The van der Waals surface area contributed by atoms with Crippen LogP contribution in [0, 0.1) is 6.92 Å². The fourth-order valence-corrected chi connectivity index (χ4v) is 2.95. The third kappa shape index (κ3) is 3.92. The first kappa shape index (κ1) is 14.7. The van der Waals surface area contributed by atoms with E-state index in [-0.39, 0.29) is 0 Å². The van der Waals surface area contributed by atoms with Gasteiger partial charge < -0.3 is 4.57 Å². The predicted molar refractivity (Wildman–Crippen MR) is 87.6 cm³/mol. The maximum Gasteiger partial charge on any atom is 0.179 e. The molecule has 22 heavy (non-hydrogen) atoms. The zero-order chi connectivity index (χ0) is 15.2. The summed E-state index contributed by atoms with van der Waals surface area (Å²) in [4.78, 5) is 17.4. The molecule has 5 nitrogen and oxygen atoms in total. The molecule has 3 rings (SSSR count). The van der Waals surface area contributed by atoms with Gasteiger partial charge in [-0.2, -0.15) is 0 Å². The fourth-order valence-electron chi connectivity index (χ4n) is 2.07. The topological polar surface area (TPSA) is 56.5 Å². The molecule has 3 aromatic heterocycles. The molecular weight excluding hydrogens is 294 g/mol. The number of pyridine rings is 1. The van der Waals surface area contributed by atoms with Crippen LogP contribution >= 0.6 is 11.8 Å². The molecule has 0 aliphatic heterocycles. The second kappa shape index (κ2) is 7.17. The Morgan fingerprint density at radius 2 is 2.14 bits per heavy atom. The van der Waals surface area contributed by atoms with Crippen LogP contribution in [-0.4, -0.2) is 30.3 Å². The number of nitrogens with zero attached hydrogens (tertiary/aromatic N) is 5. The molecule has 0 saturated carbocycles. The minimum atomic E-state index is 0.692. The van der Waals surface area contributed by atoms with Crippen LogP contribution in [0.3, 0.4) is 0 Å². The first-order valence-electron chi connectivity index (χ1n) is 7.17. The smallest absolute Gasteiger partial charge is 0.179 e. The van der Waals surface area contributed by atoms with Gasteiger partial charge in [-0.15, -0.1) is 11.8 Å². The summed E-state index contributed by atoms with van der Waals surface area (Å²) >= 11 is 1.75. The molecule has 0 radical (unpaired) electrons. The van der Waals surface area contributed by atoms with E-state index < -0.39 is 0 Å². The number of hydrogen-bond donors (Lipinski definition) is 0. The Kier molecular flexibility index (Phi) is 4.80. The molecule has 0 unspecified atom stereocenters. The highest BCUT2D eigenvalue weighted by Crippen LogP contribution is 2.21. The molecule has 3 heterocycles. The monoisotopic (exact) mass is 311 g/mol. The number of aryl methyl sites for hydroxylation is 2. The van der Waals surface area contributed by atoms with Crippen molar-refractivity contribution in [2.24, 2.45) is 0 Å². The summed E-state index contributed by atoms with van der Waals surface area (Å²) in [6.07, 6.45) is 8.47. The van der Waals surface area contributed by atoms with Gasteiger partial charge in [-0.1, -0.05) is 6.07 Å². The van der Waals surface area contributed by atoms with Gasteiger partial charge in [0.15, 0.2) is 5.82 Å². The molecule has 0 N–H and O–H groups in total. The fraction of sp³-hybridized carbons (Fsp3) is 0.250. The summed E-state index contributed by atoms with van der Waals surface area (Å²) in [5.74, 6) is 1.70. The van der Waals surface area contributed by atoms with E-state index in [0.717, 1.165) is 35.1 Å². The average Bonchev–Trinajstić information content (AvgIpc) is 3.05. The molecule has 0 bridgehead atoms. The van der Waals surface area contributed by atoms with E-state index in [2.05, 4.69) is 24.5 Å². The van der Waals surface area contributed by atoms with Crippen LogP contribution in [0.1, 0.15) is 12.1 Å². The highest BCUT2D eigenvalue weighted by Gasteiger charge is 2.06. The lowest BCUT2D eigenvalue weighted by molar-refractivity contribution is 0.683. The Balaban J connectivity index is 1.63. The molecule has 0 aliphatic rings. The van der Waals surface area contributed by atoms with Crippen molar-refractivity contribution in [1.82, 2.24) is 24.5 Å². The van der Waals surface area contributed by atoms with Crippen molar-refractivity contribution in [2.45, 2.75) is 24.9 Å². The van der Waals surface area contributed by atoms with Gasteiger partial charge in [-0.3, -0.25) is 4.98 Å². The molecule has 112 valence electrons. The number of imidazole rings is 1. The Morgan fingerprint density at radius 3 is 2.91 bits per heavy atom. The van der Waals surface area contributed by atoms with Gasteiger partial charge in [0.25, 0.3) is 0 Å². The SMILES string of the molecule is Cc1cc(SCCCn2ccnc2)nc(-c2ccccn2)n1. The summed E-state index contributed by atoms with van der Waals surface area (Å²) in [6.45, 7) is 2.97. The third-order valence-electron chi connectivity index (χ3n) is 3.09. The van der Waals surface area contributed by atoms with Crippen molar-refractivity contribution in [3.63, 3.8) is 0 Å². The van der Waals surface area contributed by atoms with Crippen molar-refractivity contribution in [3.05, 3.63) is 54.9 Å². The minimum absolute atomic E-state index is 0.692. The lowest BCUT2D eigenvalue weighted by Crippen LogP contribution is -1.98. The van der Waals surface area contributed by atoms with Crippen molar-refractivity contribution in [3.8, 4) is 11.5 Å². The highest BCUT2D eigenvalue weighted by molar-refractivity contribution is 7.99. The Labute approximate surface area is 133 Å². The van der Waals surface area contributed by atoms with E-state index >= 15 is 0 Å². The van der Waals surface area contributed by atoms with Crippen molar-refractivity contribution in [2.75, 3.05) is 5.75 Å². The summed E-state index contributed by atoms with van der Waals surface area (Å²) in [6, 6.07) is 7.80. The molecule has 6 heteroatoms. The summed E-state index contributed by atoms with van der Waals surface area (Å²) < 4.78 is 2.09. The Morgan fingerprint density at radius 1 is 1.18 bits per heavy atom. The van der Waals surface area contributed by atoms with Crippen molar-refractivity contribution >= 4 is 11.8 Å². The van der Waals surface area contributed by atoms with Crippen LogP contribution in [0.2, 0.25) is 0 Å². The van der Waals surface area contributed by atoms with Gasteiger partial charge >= 0.3 is 0 Å². The molecule has 0 aliphatic carbocycles. The Hall–Kier alpha value is -2.21. The predicted octanol–water partition coefficient (Wildman–Crippen LogP) is 3.23. The first-order valence-corrected chi connectivity index (χ1v) is 8.15. The van der Waals surface area contributed by atoms with Crippen molar-refractivity contribution < 1.29 is 0 Å². The summed E-state index contributed by atoms with van der Waals surface area (Å²) in [5.41, 5.74) is 1.78. The molecule has 0 atom stereocenters. The van der Waals surface area contributed by atoms with E-state index in [1.165, 1.54) is 0 Å². The molecular formula is C16H17N5S. The first-order chi connectivity index (χ1) is 10.8. The van der Waals surface area contributed by atoms with Crippen LogP contribution in [0.15, 0.2) is 54.2 Å². The number of aromatic nitrogens is 5. The minimum Gasteiger partial charge on any atom is -0.337 e. The van der Waals surface area contributed by atoms with E-state index in [4.69, 9.17) is 0 Å². The maximum absolute atomic E-state index is 4.61. The normalized spacial score (nSPS) is 10.8. The molecule has 3 aromatic rings. The van der Waals surface area contributed by atoms with E-state index in [1.807, 2.05) is 43.7 Å². The molecule has 0 spiro atoms. The van der Waals surface area contributed by atoms with Crippen LogP contribution in [0.25, 0.3) is 11.5 Å². The number of thioether (sulfide) groups is 1. The standard InChI is InChI=1S/C16H17N5S/c1-13-11-15(22-10-4-8-21-9-7-17-12-21)20-16(19-13)14-5-2-3-6-18-14/h2-3,5-7,9,11-12H,4,8,10H2,1H3. The summed E-state index contributed by atoms with van der Waals surface area (Å²) in [7, 11) is 0. The summed E-state index contributed by atoms with van der Waals surface area (Å²) in [5, 5.41) is 0.999. The third-order valence-corrected chi connectivity index (χ3v) is 4.09. The molecule has 0 saturated heterocycles. The van der Waals surface area contributed by atoms with Gasteiger partial charge in [-0.05, 0) is 31.5 Å². The zero-order valence-corrected chi connectivity index (χ0v) is 13.2. The average molecular weight is 311 g/mol. The quantitative estimate of drug-likeness (QED) is 0.397. The van der Waals surface area contributed by atoms with E-state index in [1.54, 1.807) is 24.2 Å². The van der Waals surface area contributed by atoms with E-state index in [0.29, 0.717) is 5.82 Å².